The van der Waals surface area contributed by atoms with Gasteiger partial charge in [-0.1, -0.05) is 13.8 Å². The molecule has 1 aromatic rings. The van der Waals surface area contributed by atoms with Crippen molar-refractivity contribution in [3.05, 3.63) is 18.2 Å². The summed E-state index contributed by atoms with van der Waals surface area (Å²) in [6.45, 7) is 4.99. The molecule has 0 saturated heterocycles. The van der Waals surface area contributed by atoms with Crippen LogP contribution >= 0.6 is 0 Å². The van der Waals surface area contributed by atoms with Crippen molar-refractivity contribution in [3.63, 3.8) is 0 Å². The van der Waals surface area contributed by atoms with Gasteiger partial charge in [-0.15, -0.1) is 0 Å². The van der Waals surface area contributed by atoms with Crippen molar-refractivity contribution < 1.29 is 4.74 Å². The summed E-state index contributed by atoms with van der Waals surface area (Å²) in [5.74, 6) is 1.21. The van der Waals surface area contributed by atoms with Crippen LogP contribution in [0.5, 0.6) is 0 Å². The van der Waals surface area contributed by atoms with E-state index in [0.29, 0.717) is 18.4 Å². The van der Waals surface area contributed by atoms with E-state index in [1.165, 1.54) is 0 Å². The van der Waals surface area contributed by atoms with E-state index < -0.39 is 0 Å². The zero-order valence-electron chi connectivity index (χ0n) is 8.77. The van der Waals surface area contributed by atoms with Gasteiger partial charge in [0.15, 0.2) is 0 Å². The summed E-state index contributed by atoms with van der Waals surface area (Å²) in [5.41, 5.74) is 0.829. The molecule has 4 heteroatoms. The molecule has 0 aromatic carbocycles. The lowest BCUT2D eigenvalue weighted by Crippen LogP contribution is -2.13. The molecular formula is C10H15N3O. The van der Waals surface area contributed by atoms with Crippen LogP contribution in [0.3, 0.4) is 0 Å². The normalized spacial score (nSPS) is 21.1. The quantitative estimate of drug-likeness (QED) is 0.708. The van der Waals surface area contributed by atoms with Crippen LogP contribution in [0.4, 0.5) is 0 Å². The Morgan fingerprint density at radius 3 is 2.86 bits per heavy atom. The van der Waals surface area contributed by atoms with Gasteiger partial charge < -0.3 is 9.30 Å². The van der Waals surface area contributed by atoms with Crippen LogP contribution in [0.15, 0.2) is 17.5 Å². The van der Waals surface area contributed by atoms with E-state index in [1.807, 2.05) is 17.8 Å². The number of hydrogen-bond acceptors (Lipinski definition) is 3. The third kappa shape index (κ3) is 1.64. The highest BCUT2D eigenvalue weighted by Gasteiger charge is 2.23. The summed E-state index contributed by atoms with van der Waals surface area (Å²) in [7, 11) is 1.94. The molecule has 2 rings (SSSR count). The summed E-state index contributed by atoms with van der Waals surface area (Å²) in [4.78, 5) is 8.69. The van der Waals surface area contributed by atoms with E-state index >= 15 is 0 Å². The SMILES string of the molecule is CC(C)[C@@H]1COC(c2cn(C)cn2)=N1. The number of imidazole rings is 1. The van der Waals surface area contributed by atoms with Gasteiger partial charge in [0.25, 0.3) is 0 Å². The van der Waals surface area contributed by atoms with Crippen molar-refractivity contribution in [2.45, 2.75) is 19.9 Å². The summed E-state index contributed by atoms with van der Waals surface area (Å²) < 4.78 is 7.39. The van der Waals surface area contributed by atoms with Gasteiger partial charge in [-0.25, -0.2) is 9.98 Å². The summed E-state index contributed by atoms with van der Waals surface area (Å²) in [5, 5.41) is 0. The maximum atomic E-state index is 5.50. The van der Waals surface area contributed by atoms with Gasteiger partial charge in [0, 0.05) is 13.2 Å². The Morgan fingerprint density at radius 1 is 1.57 bits per heavy atom. The van der Waals surface area contributed by atoms with Crippen molar-refractivity contribution >= 4 is 5.90 Å². The van der Waals surface area contributed by atoms with E-state index in [0.717, 1.165) is 5.69 Å². The van der Waals surface area contributed by atoms with Crippen molar-refractivity contribution in [1.29, 1.82) is 0 Å². The fourth-order valence-corrected chi connectivity index (χ4v) is 1.39. The van der Waals surface area contributed by atoms with Gasteiger partial charge in [0.05, 0.1) is 12.4 Å². The monoisotopic (exact) mass is 193 g/mol. The summed E-state index contributed by atoms with van der Waals surface area (Å²) in [6, 6.07) is 0.284. The van der Waals surface area contributed by atoms with Gasteiger partial charge in [-0.05, 0) is 5.92 Å². The zero-order valence-corrected chi connectivity index (χ0v) is 8.77. The molecule has 1 atom stereocenters. The molecule has 0 fully saturated rings. The van der Waals surface area contributed by atoms with Crippen molar-refractivity contribution in [3.8, 4) is 0 Å². The van der Waals surface area contributed by atoms with Crippen LogP contribution in [-0.4, -0.2) is 28.1 Å². The number of hydrogen-bond donors (Lipinski definition) is 0. The maximum Gasteiger partial charge on any atom is 0.237 e. The molecule has 0 spiro atoms. The Bertz CT molecular complexity index is 354. The van der Waals surface area contributed by atoms with Crippen LogP contribution < -0.4 is 0 Å². The van der Waals surface area contributed by atoms with Crippen LogP contribution in [0, 0.1) is 5.92 Å². The van der Waals surface area contributed by atoms with Crippen LogP contribution in [0.2, 0.25) is 0 Å². The number of ether oxygens (including phenoxy) is 1. The van der Waals surface area contributed by atoms with Crippen LogP contribution in [0.1, 0.15) is 19.5 Å². The fraction of sp³-hybridized carbons (Fsp3) is 0.600. The minimum atomic E-state index is 0.284. The molecule has 0 radical (unpaired) electrons. The van der Waals surface area contributed by atoms with Crippen molar-refractivity contribution in [2.24, 2.45) is 18.0 Å². The van der Waals surface area contributed by atoms with Gasteiger partial charge in [-0.3, -0.25) is 0 Å². The average molecular weight is 193 g/mol. The lowest BCUT2D eigenvalue weighted by molar-refractivity contribution is 0.291. The minimum absolute atomic E-state index is 0.284. The lowest BCUT2D eigenvalue weighted by Gasteiger charge is -2.06. The van der Waals surface area contributed by atoms with E-state index in [2.05, 4.69) is 23.8 Å². The maximum absolute atomic E-state index is 5.50. The molecule has 14 heavy (non-hydrogen) atoms. The predicted molar refractivity (Wildman–Crippen MR) is 54.3 cm³/mol. The molecule has 76 valence electrons. The molecular weight excluding hydrogens is 178 g/mol. The second kappa shape index (κ2) is 3.44. The molecule has 0 saturated carbocycles. The van der Waals surface area contributed by atoms with E-state index in [1.54, 1.807) is 6.33 Å². The number of aliphatic imine (C=N–C) groups is 1. The van der Waals surface area contributed by atoms with Crippen molar-refractivity contribution in [1.82, 2.24) is 9.55 Å². The molecule has 0 amide bonds. The van der Waals surface area contributed by atoms with Gasteiger partial charge in [-0.2, -0.15) is 0 Å². The molecule has 1 aliphatic rings. The lowest BCUT2D eigenvalue weighted by atomic mass is 10.1. The second-order valence-electron chi connectivity index (χ2n) is 3.98. The predicted octanol–water partition coefficient (Wildman–Crippen LogP) is 1.22. The summed E-state index contributed by atoms with van der Waals surface area (Å²) >= 11 is 0. The Morgan fingerprint density at radius 2 is 2.36 bits per heavy atom. The third-order valence-electron chi connectivity index (χ3n) is 2.37. The first kappa shape index (κ1) is 9.24. The van der Waals surface area contributed by atoms with Gasteiger partial charge in [0.1, 0.15) is 12.3 Å². The van der Waals surface area contributed by atoms with E-state index in [-0.39, 0.29) is 6.04 Å². The molecule has 1 aromatic heterocycles. The van der Waals surface area contributed by atoms with Crippen LogP contribution in [-0.2, 0) is 11.8 Å². The molecule has 0 aliphatic carbocycles. The zero-order chi connectivity index (χ0) is 10.1. The molecule has 0 N–H and O–H groups in total. The molecule has 0 unspecified atom stereocenters. The largest absolute Gasteiger partial charge is 0.474 e. The van der Waals surface area contributed by atoms with E-state index in [4.69, 9.17) is 4.74 Å². The summed E-state index contributed by atoms with van der Waals surface area (Å²) in [6.07, 6.45) is 3.67. The molecule has 0 bridgehead atoms. The van der Waals surface area contributed by atoms with Crippen LogP contribution in [0.25, 0.3) is 0 Å². The topological polar surface area (TPSA) is 39.4 Å². The minimum Gasteiger partial charge on any atom is -0.474 e. The smallest absolute Gasteiger partial charge is 0.237 e. The highest BCUT2D eigenvalue weighted by Crippen LogP contribution is 2.16. The van der Waals surface area contributed by atoms with Gasteiger partial charge >= 0.3 is 0 Å². The highest BCUT2D eigenvalue weighted by molar-refractivity contribution is 5.93. The van der Waals surface area contributed by atoms with Crippen molar-refractivity contribution in [2.75, 3.05) is 6.61 Å². The molecule has 1 aliphatic heterocycles. The third-order valence-corrected chi connectivity index (χ3v) is 2.37. The Hall–Kier alpha value is -1.32. The standard InChI is InChI=1S/C10H15N3O/c1-7(2)9-5-14-10(12-9)8-4-13(3)6-11-8/h4,6-7,9H,5H2,1-3H3/t9-/m0/s1. The van der Waals surface area contributed by atoms with E-state index in [9.17, 15) is 0 Å². The second-order valence-corrected chi connectivity index (χ2v) is 3.98. The first-order valence-electron chi connectivity index (χ1n) is 4.85. The highest BCUT2D eigenvalue weighted by atomic mass is 16.5. The number of aryl methyl sites for hydroxylation is 1. The number of aromatic nitrogens is 2. The number of rotatable bonds is 2. The first-order chi connectivity index (χ1) is 6.66. The van der Waals surface area contributed by atoms with Gasteiger partial charge in [0.2, 0.25) is 5.90 Å². The molecule has 2 heterocycles. The Balaban J connectivity index is 2.17. The number of nitrogens with zero attached hydrogens (tertiary/aromatic N) is 3. The molecule has 4 nitrogen and oxygen atoms in total. The first-order valence-corrected chi connectivity index (χ1v) is 4.85. The average Bonchev–Trinajstić information content (AvgIpc) is 2.70. The fourth-order valence-electron chi connectivity index (χ4n) is 1.39. The Kier molecular flexibility index (Phi) is 2.27. The Labute approximate surface area is 83.6 Å².